The van der Waals surface area contributed by atoms with Gasteiger partial charge >= 0.3 is 0 Å². The molecule has 0 aliphatic heterocycles. The molecule has 1 N–H and O–H groups in total. The molecule has 0 aromatic heterocycles. The van der Waals surface area contributed by atoms with E-state index in [1.807, 2.05) is 43.4 Å². The lowest BCUT2D eigenvalue weighted by molar-refractivity contribution is 0.282. The third kappa shape index (κ3) is 2.68. The van der Waals surface area contributed by atoms with Crippen LogP contribution in [0.25, 0.3) is 0 Å². The average molecular weight is 292 g/mol. The normalized spacial score (nSPS) is 10.3. The van der Waals surface area contributed by atoms with Crippen molar-refractivity contribution < 1.29 is 5.11 Å². The maximum absolute atomic E-state index is 9.07. The summed E-state index contributed by atoms with van der Waals surface area (Å²) in [4.78, 5) is 2.10. The van der Waals surface area contributed by atoms with Crippen LogP contribution in [-0.2, 0) is 6.61 Å². The molecular weight excluding hydrogens is 278 g/mol. The number of halogens is 1. The van der Waals surface area contributed by atoms with Gasteiger partial charge in [0.25, 0.3) is 0 Å². The Morgan fingerprint density at radius 2 is 1.82 bits per heavy atom. The van der Waals surface area contributed by atoms with Gasteiger partial charge in [0.05, 0.1) is 12.3 Å². The van der Waals surface area contributed by atoms with Crippen LogP contribution < -0.4 is 4.90 Å². The van der Waals surface area contributed by atoms with Gasteiger partial charge in [-0.3, -0.25) is 0 Å². The molecule has 2 nitrogen and oxygen atoms in total. The van der Waals surface area contributed by atoms with Gasteiger partial charge in [-0.25, -0.2) is 0 Å². The van der Waals surface area contributed by atoms with Gasteiger partial charge in [-0.2, -0.15) is 0 Å². The highest BCUT2D eigenvalue weighted by Crippen LogP contribution is 2.31. The molecule has 2 aromatic rings. The first-order valence-electron chi connectivity index (χ1n) is 5.40. The summed E-state index contributed by atoms with van der Waals surface area (Å²) in [5, 5.41) is 9.07. The molecule has 0 spiro atoms. The molecule has 88 valence electrons. The van der Waals surface area contributed by atoms with Crippen molar-refractivity contribution in [2.24, 2.45) is 0 Å². The van der Waals surface area contributed by atoms with Gasteiger partial charge in [0.15, 0.2) is 0 Å². The highest BCUT2D eigenvalue weighted by molar-refractivity contribution is 9.10. The first-order valence-corrected chi connectivity index (χ1v) is 6.19. The van der Waals surface area contributed by atoms with Gasteiger partial charge in [-0.05, 0) is 45.8 Å². The van der Waals surface area contributed by atoms with Crippen molar-refractivity contribution in [1.82, 2.24) is 0 Å². The van der Waals surface area contributed by atoms with E-state index in [4.69, 9.17) is 5.11 Å². The van der Waals surface area contributed by atoms with Crippen LogP contribution >= 0.6 is 15.9 Å². The van der Waals surface area contributed by atoms with Crippen LogP contribution in [0.2, 0.25) is 0 Å². The molecule has 0 fully saturated rings. The topological polar surface area (TPSA) is 23.5 Å². The standard InChI is InChI=1S/C14H14BrNO/c1-16(12-5-3-2-4-6-12)14-8-7-11(10-17)9-13(14)15/h2-9,17H,10H2,1H3. The fourth-order valence-electron chi connectivity index (χ4n) is 1.71. The van der Waals surface area contributed by atoms with Crippen LogP contribution in [-0.4, -0.2) is 12.2 Å². The molecule has 0 amide bonds. The van der Waals surface area contributed by atoms with E-state index in [1.165, 1.54) is 0 Å². The van der Waals surface area contributed by atoms with Crippen molar-refractivity contribution in [3.8, 4) is 0 Å². The summed E-state index contributed by atoms with van der Waals surface area (Å²) in [7, 11) is 2.02. The summed E-state index contributed by atoms with van der Waals surface area (Å²) < 4.78 is 0.982. The largest absolute Gasteiger partial charge is 0.392 e. The molecular formula is C14H14BrNO. The van der Waals surface area contributed by atoms with Crippen LogP contribution in [0.5, 0.6) is 0 Å². The van der Waals surface area contributed by atoms with E-state index in [-0.39, 0.29) is 6.61 Å². The highest BCUT2D eigenvalue weighted by atomic mass is 79.9. The third-order valence-corrected chi connectivity index (χ3v) is 3.33. The number of benzene rings is 2. The van der Waals surface area contributed by atoms with Crippen molar-refractivity contribution in [1.29, 1.82) is 0 Å². The molecule has 0 radical (unpaired) electrons. The summed E-state index contributed by atoms with van der Waals surface area (Å²) in [6, 6.07) is 16.0. The van der Waals surface area contributed by atoms with E-state index < -0.39 is 0 Å². The Bertz CT molecular complexity index is 499. The van der Waals surface area contributed by atoms with Crippen molar-refractivity contribution in [3.63, 3.8) is 0 Å². The van der Waals surface area contributed by atoms with Crippen molar-refractivity contribution in [2.45, 2.75) is 6.61 Å². The van der Waals surface area contributed by atoms with Gasteiger partial charge in [-0.15, -0.1) is 0 Å². The summed E-state index contributed by atoms with van der Waals surface area (Å²) >= 11 is 3.53. The monoisotopic (exact) mass is 291 g/mol. The Morgan fingerprint density at radius 3 is 2.41 bits per heavy atom. The summed E-state index contributed by atoms with van der Waals surface area (Å²) in [5.74, 6) is 0. The Morgan fingerprint density at radius 1 is 1.12 bits per heavy atom. The fourth-order valence-corrected chi connectivity index (χ4v) is 2.40. The molecule has 2 rings (SSSR count). The van der Waals surface area contributed by atoms with Gasteiger partial charge in [-0.1, -0.05) is 24.3 Å². The van der Waals surface area contributed by atoms with E-state index in [0.717, 1.165) is 21.4 Å². The first kappa shape index (κ1) is 12.1. The Hall–Kier alpha value is -1.32. The second-order valence-electron chi connectivity index (χ2n) is 3.84. The van der Waals surface area contributed by atoms with Crippen molar-refractivity contribution >= 4 is 27.3 Å². The molecule has 0 aliphatic carbocycles. The molecule has 0 atom stereocenters. The molecule has 0 heterocycles. The molecule has 0 aliphatic rings. The van der Waals surface area contributed by atoms with Gasteiger partial charge < -0.3 is 10.0 Å². The summed E-state index contributed by atoms with van der Waals surface area (Å²) in [6.45, 7) is 0.0634. The van der Waals surface area contributed by atoms with Crippen LogP contribution in [0.4, 0.5) is 11.4 Å². The fraction of sp³-hybridized carbons (Fsp3) is 0.143. The number of aliphatic hydroxyl groups is 1. The minimum atomic E-state index is 0.0634. The Kier molecular flexibility index (Phi) is 3.82. The Balaban J connectivity index is 2.34. The average Bonchev–Trinajstić information content (AvgIpc) is 2.39. The molecule has 0 bridgehead atoms. The SMILES string of the molecule is CN(c1ccccc1)c1ccc(CO)cc1Br. The number of nitrogens with zero attached hydrogens (tertiary/aromatic N) is 1. The third-order valence-electron chi connectivity index (χ3n) is 2.70. The first-order chi connectivity index (χ1) is 8.22. The smallest absolute Gasteiger partial charge is 0.0682 e. The number of hydrogen-bond donors (Lipinski definition) is 1. The molecule has 0 unspecified atom stereocenters. The van der Waals surface area contributed by atoms with E-state index in [9.17, 15) is 0 Å². The minimum Gasteiger partial charge on any atom is -0.392 e. The summed E-state index contributed by atoms with van der Waals surface area (Å²) in [6.07, 6.45) is 0. The van der Waals surface area contributed by atoms with E-state index in [1.54, 1.807) is 0 Å². The summed E-state index contributed by atoms with van der Waals surface area (Å²) in [5.41, 5.74) is 3.11. The highest BCUT2D eigenvalue weighted by Gasteiger charge is 2.07. The molecule has 0 saturated carbocycles. The molecule has 17 heavy (non-hydrogen) atoms. The van der Waals surface area contributed by atoms with Crippen LogP contribution in [0.1, 0.15) is 5.56 Å². The zero-order chi connectivity index (χ0) is 12.3. The quantitative estimate of drug-likeness (QED) is 0.932. The lowest BCUT2D eigenvalue weighted by Crippen LogP contribution is -2.09. The zero-order valence-electron chi connectivity index (χ0n) is 9.60. The minimum absolute atomic E-state index is 0.0634. The number of para-hydroxylation sites is 1. The number of anilines is 2. The van der Waals surface area contributed by atoms with Crippen LogP contribution in [0.3, 0.4) is 0 Å². The molecule has 0 saturated heterocycles. The molecule has 2 aromatic carbocycles. The lowest BCUT2D eigenvalue weighted by atomic mass is 10.2. The zero-order valence-corrected chi connectivity index (χ0v) is 11.2. The predicted molar refractivity (Wildman–Crippen MR) is 74.6 cm³/mol. The number of aliphatic hydroxyl groups excluding tert-OH is 1. The predicted octanol–water partition coefficient (Wildman–Crippen LogP) is 3.71. The maximum Gasteiger partial charge on any atom is 0.0682 e. The van der Waals surface area contributed by atoms with Crippen molar-refractivity contribution in [2.75, 3.05) is 11.9 Å². The maximum atomic E-state index is 9.07. The van der Waals surface area contributed by atoms with E-state index >= 15 is 0 Å². The van der Waals surface area contributed by atoms with Gasteiger partial charge in [0, 0.05) is 17.2 Å². The number of rotatable bonds is 3. The molecule has 3 heteroatoms. The second-order valence-corrected chi connectivity index (χ2v) is 4.69. The number of hydrogen-bond acceptors (Lipinski definition) is 2. The van der Waals surface area contributed by atoms with E-state index in [2.05, 4.69) is 33.0 Å². The van der Waals surface area contributed by atoms with Gasteiger partial charge in [0.2, 0.25) is 0 Å². The van der Waals surface area contributed by atoms with Gasteiger partial charge in [0.1, 0.15) is 0 Å². The Labute approximate surface area is 110 Å². The van der Waals surface area contributed by atoms with E-state index in [0.29, 0.717) is 0 Å². The second kappa shape index (κ2) is 5.34. The van der Waals surface area contributed by atoms with Crippen LogP contribution in [0.15, 0.2) is 53.0 Å². The van der Waals surface area contributed by atoms with Crippen LogP contribution in [0, 0.1) is 0 Å². The van der Waals surface area contributed by atoms with Crippen molar-refractivity contribution in [3.05, 3.63) is 58.6 Å². The lowest BCUT2D eigenvalue weighted by Gasteiger charge is -2.21.